The summed E-state index contributed by atoms with van der Waals surface area (Å²) in [5, 5.41) is 4.29. The van der Waals surface area contributed by atoms with E-state index in [2.05, 4.69) is 35.3 Å². The third-order valence-corrected chi connectivity index (χ3v) is 4.67. The van der Waals surface area contributed by atoms with Crippen LogP contribution in [0.15, 0.2) is 29.4 Å². The molecule has 0 spiro atoms. The lowest BCUT2D eigenvalue weighted by atomic mass is 10.2. The van der Waals surface area contributed by atoms with Gasteiger partial charge in [0.15, 0.2) is 0 Å². The minimum absolute atomic E-state index is 0.405. The molecular weight excluding hydrogens is 374 g/mol. The number of ether oxygens (including phenoxy) is 3. The molecule has 1 aromatic carbocycles. The first kappa shape index (κ1) is 19.3. The van der Waals surface area contributed by atoms with Gasteiger partial charge >= 0.3 is 0 Å². The van der Waals surface area contributed by atoms with Gasteiger partial charge in [0.05, 0.1) is 39.8 Å². The summed E-state index contributed by atoms with van der Waals surface area (Å²) in [6.07, 6.45) is 1.70. The Morgan fingerprint density at radius 3 is 2.17 bits per heavy atom. The molecule has 2 fully saturated rings. The van der Waals surface area contributed by atoms with Crippen molar-refractivity contribution in [2.75, 3.05) is 74.9 Å². The number of anilines is 3. The standard InChI is InChI=1S/C19H25N7O3/c1-27-16-4-2-3-15(13-16)14-20-24-17-21-18(25-5-9-28-10-6-25)23-19(22-17)26-7-11-29-12-8-26/h2-4,13-14H,5-12H2,1H3,(H,21,22,23,24)/b20-14+. The van der Waals surface area contributed by atoms with Crippen LogP contribution in [0.4, 0.5) is 17.8 Å². The molecule has 2 aliphatic heterocycles. The second kappa shape index (κ2) is 9.48. The number of hydrogen-bond donors (Lipinski definition) is 1. The fourth-order valence-electron chi connectivity index (χ4n) is 3.10. The molecule has 1 N–H and O–H groups in total. The Hall–Kier alpha value is -2.98. The minimum Gasteiger partial charge on any atom is -0.497 e. The molecule has 2 aromatic rings. The minimum atomic E-state index is 0.405. The molecule has 0 aliphatic carbocycles. The van der Waals surface area contributed by atoms with Gasteiger partial charge < -0.3 is 24.0 Å². The number of methoxy groups -OCH3 is 1. The Morgan fingerprint density at radius 2 is 1.59 bits per heavy atom. The topological polar surface area (TPSA) is 97.2 Å². The summed E-state index contributed by atoms with van der Waals surface area (Å²) in [5.74, 6) is 2.44. The van der Waals surface area contributed by atoms with Gasteiger partial charge in [-0.1, -0.05) is 12.1 Å². The van der Waals surface area contributed by atoms with E-state index in [4.69, 9.17) is 14.2 Å². The third-order valence-electron chi connectivity index (χ3n) is 4.67. The molecule has 0 bridgehead atoms. The molecule has 3 heterocycles. The van der Waals surface area contributed by atoms with Gasteiger partial charge in [0.1, 0.15) is 5.75 Å². The van der Waals surface area contributed by atoms with Crippen molar-refractivity contribution in [1.29, 1.82) is 0 Å². The van der Waals surface area contributed by atoms with Crippen LogP contribution in [0.1, 0.15) is 5.56 Å². The first-order valence-electron chi connectivity index (χ1n) is 9.66. The molecule has 29 heavy (non-hydrogen) atoms. The molecule has 10 nitrogen and oxygen atoms in total. The molecule has 2 aliphatic rings. The van der Waals surface area contributed by atoms with E-state index in [9.17, 15) is 0 Å². The van der Waals surface area contributed by atoms with Crippen LogP contribution in [-0.2, 0) is 9.47 Å². The normalized spacial score (nSPS) is 17.6. The number of rotatable bonds is 6. The van der Waals surface area contributed by atoms with Gasteiger partial charge in [-0.3, -0.25) is 0 Å². The van der Waals surface area contributed by atoms with E-state index in [0.717, 1.165) is 37.5 Å². The van der Waals surface area contributed by atoms with E-state index < -0.39 is 0 Å². The number of aromatic nitrogens is 3. The number of benzene rings is 1. The Kier molecular flexibility index (Phi) is 6.32. The maximum absolute atomic E-state index is 5.44. The van der Waals surface area contributed by atoms with Gasteiger partial charge in [-0.15, -0.1) is 0 Å². The first-order valence-corrected chi connectivity index (χ1v) is 9.66. The summed E-state index contributed by atoms with van der Waals surface area (Å²) >= 11 is 0. The molecule has 0 unspecified atom stereocenters. The maximum atomic E-state index is 5.44. The average Bonchev–Trinajstić information content (AvgIpc) is 2.80. The molecule has 0 amide bonds. The summed E-state index contributed by atoms with van der Waals surface area (Å²) in [5.41, 5.74) is 3.85. The second-order valence-corrected chi connectivity index (χ2v) is 6.60. The van der Waals surface area contributed by atoms with E-state index in [0.29, 0.717) is 44.3 Å². The molecule has 4 rings (SSSR count). The van der Waals surface area contributed by atoms with Crippen molar-refractivity contribution < 1.29 is 14.2 Å². The SMILES string of the molecule is COc1cccc(/C=N/Nc2nc(N3CCOCC3)nc(N3CCOCC3)n2)c1. The van der Waals surface area contributed by atoms with E-state index in [1.807, 2.05) is 24.3 Å². The predicted molar refractivity (Wildman–Crippen MR) is 110 cm³/mol. The molecule has 1 aromatic heterocycles. The fourth-order valence-corrected chi connectivity index (χ4v) is 3.10. The predicted octanol–water partition coefficient (Wildman–Crippen LogP) is 0.999. The molecule has 0 saturated carbocycles. The number of morpholine rings is 2. The zero-order valence-corrected chi connectivity index (χ0v) is 16.5. The number of hydrazone groups is 1. The highest BCUT2D eigenvalue weighted by Gasteiger charge is 2.20. The first-order chi connectivity index (χ1) is 14.3. The number of nitrogens with one attached hydrogen (secondary N) is 1. The van der Waals surface area contributed by atoms with E-state index in [1.165, 1.54) is 0 Å². The van der Waals surface area contributed by atoms with E-state index >= 15 is 0 Å². The Balaban J connectivity index is 1.54. The maximum Gasteiger partial charge on any atom is 0.250 e. The number of hydrogen-bond acceptors (Lipinski definition) is 10. The summed E-state index contributed by atoms with van der Waals surface area (Å²) < 4.78 is 16.1. The van der Waals surface area contributed by atoms with Gasteiger partial charge in [0, 0.05) is 26.2 Å². The van der Waals surface area contributed by atoms with Crippen LogP contribution in [-0.4, -0.2) is 80.9 Å². The summed E-state index contributed by atoms with van der Waals surface area (Å²) in [4.78, 5) is 18.0. The van der Waals surface area contributed by atoms with Crippen molar-refractivity contribution in [3.05, 3.63) is 29.8 Å². The van der Waals surface area contributed by atoms with Crippen LogP contribution in [0, 0.1) is 0 Å². The lowest BCUT2D eigenvalue weighted by molar-refractivity contribution is 0.121. The van der Waals surface area contributed by atoms with E-state index in [-0.39, 0.29) is 0 Å². The highest BCUT2D eigenvalue weighted by molar-refractivity contribution is 5.80. The van der Waals surface area contributed by atoms with Crippen LogP contribution in [0.5, 0.6) is 5.75 Å². The lowest BCUT2D eigenvalue weighted by Crippen LogP contribution is -2.40. The quantitative estimate of drug-likeness (QED) is 0.563. The zero-order chi connectivity index (χ0) is 19.9. The lowest BCUT2D eigenvalue weighted by Gasteiger charge is -2.30. The van der Waals surface area contributed by atoms with Crippen molar-refractivity contribution >= 4 is 24.1 Å². The van der Waals surface area contributed by atoms with Crippen LogP contribution in [0.25, 0.3) is 0 Å². The molecule has 0 atom stereocenters. The van der Waals surface area contributed by atoms with Crippen molar-refractivity contribution in [2.24, 2.45) is 5.10 Å². The monoisotopic (exact) mass is 399 g/mol. The van der Waals surface area contributed by atoms with Crippen LogP contribution in [0.2, 0.25) is 0 Å². The Morgan fingerprint density at radius 1 is 0.966 bits per heavy atom. The highest BCUT2D eigenvalue weighted by atomic mass is 16.5. The van der Waals surface area contributed by atoms with Crippen LogP contribution < -0.4 is 20.0 Å². The molecular formula is C19H25N7O3. The highest BCUT2D eigenvalue weighted by Crippen LogP contribution is 2.19. The molecule has 2 saturated heterocycles. The van der Waals surface area contributed by atoms with Crippen molar-refractivity contribution in [1.82, 2.24) is 15.0 Å². The average molecular weight is 399 g/mol. The third kappa shape index (κ3) is 5.09. The van der Waals surface area contributed by atoms with Gasteiger partial charge in [0.25, 0.3) is 0 Å². The van der Waals surface area contributed by atoms with Gasteiger partial charge in [-0.05, 0) is 17.7 Å². The summed E-state index contributed by atoms with van der Waals surface area (Å²) in [7, 11) is 1.64. The Labute approximate surface area is 169 Å². The smallest absolute Gasteiger partial charge is 0.250 e. The van der Waals surface area contributed by atoms with Crippen LogP contribution >= 0.6 is 0 Å². The van der Waals surface area contributed by atoms with Crippen LogP contribution in [0.3, 0.4) is 0 Å². The van der Waals surface area contributed by atoms with Gasteiger partial charge in [0.2, 0.25) is 17.8 Å². The fraction of sp³-hybridized carbons (Fsp3) is 0.474. The molecule has 154 valence electrons. The summed E-state index contributed by atoms with van der Waals surface area (Å²) in [6, 6.07) is 7.65. The van der Waals surface area contributed by atoms with Crippen molar-refractivity contribution in [3.63, 3.8) is 0 Å². The van der Waals surface area contributed by atoms with Crippen molar-refractivity contribution in [3.8, 4) is 5.75 Å². The van der Waals surface area contributed by atoms with Gasteiger partial charge in [-0.2, -0.15) is 20.1 Å². The molecule has 10 heteroatoms. The zero-order valence-electron chi connectivity index (χ0n) is 16.5. The number of nitrogens with zero attached hydrogens (tertiary/aromatic N) is 6. The van der Waals surface area contributed by atoms with Gasteiger partial charge in [-0.25, -0.2) is 5.43 Å². The summed E-state index contributed by atoms with van der Waals surface area (Å²) in [6.45, 7) is 5.64. The Bertz CT molecular complexity index is 800. The second-order valence-electron chi connectivity index (χ2n) is 6.60. The largest absolute Gasteiger partial charge is 0.497 e. The van der Waals surface area contributed by atoms with E-state index in [1.54, 1.807) is 13.3 Å². The molecule has 0 radical (unpaired) electrons. The van der Waals surface area contributed by atoms with Crippen molar-refractivity contribution in [2.45, 2.75) is 0 Å².